The third-order valence-electron chi connectivity index (χ3n) is 1.12. The average Bonchev–Trinajstić information content (AvgIpc) is 1.82. The van der Waals surface area contributed by atoms with Crippen molar-refractivity contribution in [3.8, 4) is 0 Å². The van der Waals surface area contributed by atoms with Crippen molar-refractivity contribution in [3.63, 3.8) is 0 Å². The van der Waals surface area contributed by atoms with Gasteiger partial charge in [0, 0.05) is 5.92 Å². The third kappa shape index (κ3) is 4.01. The Hall–Kier alpha value is -0.530. The molecule has 0 amide bonds. The molecule has 1 unspecified atom stereocenters. The van der Waals surface area contributed by atoms with Gasteiger partial charge in [0.15, 0.2) is 0 Å². The highest BCUT2D eigenvalue weighted by Gasteiger charge is 2.04. The first-order chi connectivity index (χ1) is 4.18. The Balaban J connectivity index is 3.63. The van der Waals surface area contributed by atoms with E-state index in [1.165, 1.54) is 0 Å². The summed E-state index contributed by atoms with van der Waals surface area (Å²) in [5.74, 6) is 0.129. The standard InChI is InChI=1S/C6H9NOS/c1-5(6(2)8)3-7-4-9/h5H,3H2,1-2H3. The lowest BCUT2D eigenvalue weighted by Gasteiger charge is -1.98. The summed E-state index contributed by atoms with van der Waals surface area (Å²) in [5.41, 5.74) is 0. The summed E-state index contributed by atoms with van der Waals surface area (Å²) in [6.07, 6.45) is 0. The number of Topliss-reactive ketones (excluding diaryl/α,β-unsaturated/α-hetero) is 1. The molecule has 0 fully saturated rings. The molecule has 0 radical (unpaired) electrons. The fraction of sp³-hybridized carbons (Fsp3) is 0.667. The maximum atomic E-state index is 10.5. The number of isothiocyanates is 1. The zero-order chi connectivity index (χ0) is 7.28. The molecule has 0 aliphatic heterocycles. The van der Waals surface area contributed by atoms with Crippen LogP contribution in [-0.4, -0.2) is 17.5 Å². The van der Waals surface area contributed by atoms with Crippen LogP contribution in [0.25, 0.3) is 0 Å². The maximum Gasteiger partial charge on any atom is 0.134 e. The van der Waals surface area contributed by atoms with Crippen LogP contribution in [0.1, 0.15) is 13.8 Å². The van der Waals surface area contributed by atoms with Gasteiger partial charge in [0.25, 0.3) is 0 Å². The average molecular weight is 143 g/mol. The van der Waals surface area contributed by atoms with Crippen molar-refractivity contribution in [2.75, 3.05) is 6.54 Å². The minimum Gasteiger partial charge on any atom is -0.300 e. The highest BCUT2D eigenvalue weighted by atomic mass is 32.1. The van der Waals surface area contributed by atoms with E-state index in [0.717, 1.165) is 0 Å². The zero-order valence-corrected chi connectivity index (χ0v) is 6.36. The van der Waals surface area contributed by atoms with Gasteiger partial charge in [-0.2, -0.15) is 0 Å². The first-order valence-corrected chi connectivity index (χ1v) is 3.13. The van der Waals surface area contributed by atoms with Gasteiger partial charge in [-0.1, -0.05) is 6.92 Å². The molecular formula is C6H9NOS. The molecule has 0 aromatic rings. The van der Waals surface area contributed by atoms with Gasteiger partial charge in [-0.3, -0.25) is 4.79 Å². The van der Waals surface area contributed by atoms with Crippen molar-refractivity contribution >= 4 is 23.2 Å². The lowest BCUT2D eigenvalue weighted by Crippen LogP contribution is -2.08. The second-order valence-corrected chi connectivity index (χ2v) is 2.13. The summed E-state index contributed by atoms with van der Waals surface area (Å²) >= 11 is 4.33. The van der Waals surface area contributed by atoms with Gasteiger partial charge in [0.1, 0.15) is 5.78 Å². The van der Waals surface area contributed by atoms with Crippen LogP contribution in [0.2, 0.25) is 0 Å². The van der Waals surface area contributed by atoms with E-state index in [2.05, 4.69) is 22.4 Å². The minimum atomic E-state index is -0.0135. The molecule has 3 heteroatoms. The number of thiocarbonyl (C=S) groups is 1. The van der Waals surface area contributed by atoms with Gasteiger partial charge in [-0.05, 0) is 19.1 Å². The highest BCUT2D eigenvalue weighted by Crippen LogP contribution is 1.94. The lowest BCUT2D eigenvalue weighted by atomic mass is 10.1. The Labute approximate surface area is 60.0 Å². The number of nitrogens with zero attached hydrogens (tertiary/aromatic N) is 1. The van der Waals surface area contributed by atoms with Gasteiger partial charge >= 0.3 is 0 Å². The molecule has 0 aliphatic rings. The van der Waals surface area contributed by atoms with Gasteiger partial charge in [-0.15, -0.1) is 0 Å². The van der Waals surface area contributed by atoms with Crippen molar-refractivity contribution in [2.24, 2.45) is 10.9 Å². The summed E-state index contributed by atoms with van der Waals surface area (Å²) in [5, 5.41) is 2.21. The second-order valence-electron chi connectivity index (χ2n) is 1.94. The summed E-state index contributed by atoms with van der Waals surface area (Å²) in [6.45, 7) is 3.83. The molecule has 50 valence electrons. The van der Waals surface area contributed by atoms with Gasteiger partial charge in [-0.25, -0.2) is 4.99 Å². The quantitative estimate of drug-likeness (QED) is 0.440. The van der Waals surface area contributed by atoms with Crippen LogP contribution in [-0.2, 0) is 4.79 Å². The second kappa shape index (κ2) is 4.36. The van der Waals surface area contributed by atoms with Crippen molar-refractivity contribution in [1.82, 2.24) is 0 Å². The van der Waals surface area contributed by atoms with Crippen LogP contribution in [0.15, 0.2) is 4.99 Å². The van der Waals surface area contributed by atoms with Crippen LogP contribution < -0.4 is 0 Å². The number of carbonyl (C=O) groups is 1. The first-order valence-electron chi connectivity index (χ1n) is 2.72. The molecule has 9 heavy (non-hydrogen) atoms. The molecule has 0 aliphatic carbocycles. The van der Waals surface area contributed by atoms with Crippen LogP contribution >= 0.6 is 12.2 Å². The lowest BCUT2D eigenvalue weighted by molar-refractivity contribution is -0.119. The summed E-state index contributed by atoms with van der Waals surface area (Å²) in [4.78, 5) is 14.2. The molecule has 0 saturated heterocycles. The Kier molecular flexibility index (Phi) is 4.10. The van der Waals surface area contributed by atoms with E-state index in [4.69, 9.17) is 0 Å². The van der Waals surface area contributed by atoms with E-state index in [-0.39, 0.29) is 11.7 Å². The third-order valence-corrected chi connectivity index (χ3v) is 1.25. The predicted octanol–water partition coefficient (Wildman–Crippen LogP) is 1.31. The minimum absolute atomic E-state index is 0.0135. The maximum absolute atomic E-state index is 10.5. The molecule has 0 aromatic carbocycles. The van der Waals surface area contributed by atoms with E-state index in [1.807, 2.05) is 6.92 Å². The molecular weight excluding hydrogens is 134 g/mol. The van der Waals surface area contributed by atoms with Crippen molar-refractivity contribution < 1.29 is 4.79 Å². The monoisotopic (exact) mass is 143 g/mol. The van der Waals surface area contributed by atoms with E-state index in [9.17, 15) is 4.79 Å². The van der Waals surface area contributed by atoms with E-state index in [1.54, 1.807) is 6.92 Å². The molecule has 0 N–H and O–H groups in total. The van der Waals surface area contributed by atoms with E-state index in [0.29, 0.717) is 6.54 Å². The van der Waals surface area contributed by atoms with E-state index >= 15 is 0 Å². The summed E-state index contributed by atoms with van der Waals surface area (Å²) in [6, 6.07) is 0. The summed E-state index contributed by atoms with van der Waals surface area (Å²) in [7, 11) is 0. The smallest absolute Gasteiger partial charge is 0.134 e. The fourth-order valence-electron chi connectivity index (χ4n) is 0.303. The molecule has 0 saturated carbocycles. The van der Waals surface area contributed by atoms with Gasteiger partial charge in [0.2, 0.25) is 0 Å². The molecule has 0 aromatic heterocycles. The Morgan fingerprint density at radius 3 is 2.78 bits per heavy atom. The molecule has 0 heterocycles. The predicted molar refractivity (Wildman–Crippen MR) is 39.7 cm³/mol. The molecule has 0 bridgehead atoms. The molecule has 2 nitrogen and oxygen atoms in total. The number of rotatable bonds is 3. The number of aliphatic imine (C=N–C) groups is 1. The topological polar surface area (TPSA) is 29.4 Å². The molecule has 0 spiro atoms. The van der Waals surface area contributed by atoms with Crippen molar-refractivity contribution in [1.29, 1.82) is 0 Å². The van der Waals surface area contributed by atoms with E-state index < -0.39 is 0 Å². The van der Waals surface area contributed by atoms with Crippen LogP contribution in [0.4, 0.5) is 0 Å². The molecule has 0 rings (SSSR count). The highest BCUT2D eigenvalue weighted by molar-refractivity contribution is 7.78. The molecule has 1 atom stereocenters. The number of hydrogen-bond acceptors (Lipinski definition) is 3. The Bertz CT molecular complexity index is 149. The summed E-state index contributed by atoms with van der Waals surface area (Å²) < 4.78 is 0. The van der Waals surface area contributed by atoms with Crippen LogP contribution in [0, 0.1) is 5.92 Å². The van der Waals surface area contributed by atoms with Crippen molar-refractivity contribution in [2.45, 2.75) is 13.8 Å². The normalized spacial score (nSPS) is 11.8. The zero-order valence-electron chi connectivity index (χ0n) is 5.55. The number of carbonyl (C=O) groups excluding carboxylic acids is 1. The van der Waals surface area contributed by atoms with Crippen LogP contribution in [0.5, 0.6) is 0 Å². The largest absolute Gasteiger partial charge is 0.300 e. The van der Waals surface area contributed by atoms with Crippen LogP contribution in [0.3, 0.4) is 0 Å². The fourth-order valence-corrected chi connectivity index (χ4v) is 0.377. The Morgan fingerprint density at radius 2 is 2.44 bits per heavy atom. The van der Waals surface area contributed by atoms with Gasteiger partial charge < -0.3 is 0 Å². The Morgan fingerprint density at radius 1 is 1.89 bits per heavy atom. The first kappa shape index (κ1) is 8.47. The number of hydrogen-bond donors (Lipinski definition) is 0. The van der Waals surface area contributed by atoms with Crippen molar-refractivity contribution in [3.05, 3.63) is 0 Å². The SMILES string of the molecule is CC(=O)C(C)CN=C=S. The van der Waals surface area contributed by atoms with Gasteiger partial charge in [0.05, 0.1) is 11.7 Å². The number of ketones is 1.